The molecule has 0 unspecified atom stereocenters. The zero-order valence-corrected chi connectivity index (χ0v) is 16.6. The number of halogens is 4. The van der Waals surface area contributed by atoms with E-state index < -0.39 is 41.8 Å². The Labute approximate surface area is 179 Å². The van der Waals surface area contributed by atoms with Gasteiger partial charge in [-0.05, 0) is 48.9 Å². The van der Waals surface area contributed by atoms with Crippen LogP contribution >= 0.6 is 0 Å². The summed E-state index contributed by atoms with van der Waals surface area (Å²) in [5.74, 6) is -1.13. The number of benzene rings is 1. The number of alkyl halides is 3. The van der Waals surface area contributed by atoms with Crippen LogP contribution in [0.1, 0.15) is 29.7 Å². The van der Waals surface area contributed by atoms with Crippen LogP contribution in [0.2, 0.25) is 0 Å². The molecule has 11 heteroatoms. The number of carbonyl (C=O) groups is 2. The van der Waals surface area contributed by atoms with Gasteiger partial charge in [-0.1, -0.05) is 0 Å². The lowest BCUT2D eigenvalue weighted by Crippen LogP contribution is -2.44. The standard InChI is InChI=1S/C21H16F4N4O3/c1-11-18(13-7-14(21(23,24)25)9-15(22)8-13)32-20(31)29(11)19(30)28-10-12-4-6-26-16-3-2-5-27-17(12)16/h2-9,11,18H,10H2,1H3,(H,28,30)/t11-,18-/m0/s1. The van der Waals surface area contributed by atoms with E-state index in [4.69, 9.17) is 4.74 Å². The number of nitrogens with one attached hydrogen (secondary N) is 1. The van der Waals surface area contributed by atoms with Crippen molar-refractivity contribution in [2.45, 2.75) is 31.8 Å². The van der Waals surface area contributed by atoms with Gasteiger partial charge in [0.2, 0.25) is 0 Å². The molecule has 3 amide bonds. The molecule has 0 saturated carbocycles. The Kier molecular flexibility index (Phi) is 5.41. The van der Waals surface area contributed by atoms with Crippen molar-refractivity contribution in [3.8, 4) is 0 Å². The number of carbonyl (C=O) groups excluding carboxylic acids is 2. The van der Waals surface area contributed by atoms with Crippen molar-refractivity contribution in [3.63, 3.8) is 0 Å². The predicted octanol–water partition coefficient (Wildman–Crippen LogP) is 4.58. The van der Waals surface area contributed by atoms with Crippen molar-refractivity contribution < 1.29 is 31.9 Å². The topological polar surface area (TPSA) is 84.4 Å². The van der Waals surface area contributed by atoms with Gasteiger partial charge in [0.25, 0.3) is 0 Å². The van der Waals surface area contributed by atoms with E-state index in [-0.39, 0.29) is 12.1 Å². The highest BCUT2D eigenvalue weighted by Crippen LogP contribution is 2.37. The van der Waals surface area contributed by atoms with Crippen LogP contribution in [0.4, 0.5) is 27.2 Å². The fraction of sp³-hybridized carbons (Fsp3) is 0.238. The van der Waals surface area contributed by atoms with E-state index in [0.29, 0.717) is 28.7 Å². The number of amides is 3. The number of aromatic nitrogens is 2. The molecule has 7 nitrogen and oxygen atoms in total. The number of fused-ring (bicyclic) bond motifs is 1. The van der Waals surface area contributed by atoms with Gasteiger partial charge in [-0.25, -0.2) is 18.9 Å². The maximum absolute atomic E-state index is 13.8. The molecule has 3 aromatic rings. The number of cyclic esters (lactones) is 1. The number of imide groups is 1. The lowest BCUT2D eigenvalue weighted by atomic mass is 10.0. The van der Waals surface area contributed by atoms with E-state index in [1.54, 1.807) is 30.6 Å². The Morgan fingerprint density at radius 2 is 1.97 bits per heavy atom. The Bertz CT molecular complexity index is 1200. The predicted molar refractivity (Wildman–Crippen MR) is 104 cm³/mol. The summed E-state index contributed by atoms with van der Waals surface area (Å²) in [6.45, 7) is 1.45. The first-order chi connectivity index (χ1) is 15.1. The molecule has 2 aromatic heterocycles. The minimum atomic E-state index is -4.78. The monoisotopic (exact) mass is 448 g/mol. The summed E-state index contributed by atoms with van der Waals surface area (Å²) in [4.78, 5) is 34.1. The molecule has 32 heavy (non-hydrogen) atoms. The van der Waals surface area contributed by atoms with Crippen LogP contribution in [0.25, 0.3) is 11.0 Å². The van der Waals surface area contributed by atoms with E-state index in [9.17, 15) is 27.2 Å². The first-order valence-electron chi connectivity index (χ1n) is 9.49. The molecular weight excluding hydrogens is 432 g/mol. The number of hydrogen-bond donors (Lipinski definition) is 1. The molecule has 0 aliphatic carbocycles. The molecule has 166 valence electrons. The number of nitrogens with zero attached hydrogens (tertiary/aromatic N) is 3. The summed E-state index contributed by atoms with van der Waals surface area (Å²) in [6, 6.07) is 5.25. The number of urea groups is 1. The van der Waals surface area contributed by atoms with Crippen molar-refractivity contribution in [1.29, 1.82) is 0 Å². The second-order valence-electron chi connectivity index (χ2n) is 7.19. The summed E-state index contributed by atoms with van der Waals surface area (Å²) in [5.41, 5.74) is 0.443. The molecule has 0 radical (unpaired) electrons. The zero-order valence-electron chi connectivity index (χ0n) is 16.6. The number of pyridine rings is 2. The van der Waals surface area contributed by atoms with Crippen LogP contribution in [-0.2, 0) is 17.5 Å². The van der Waals surface area contributed by atoms with Crippen LogP contribution in [0.5, 0.6) is 0 Å². The summed E-state index contributed by atoms with van der Waals surface area (Å²) in [5, 5.41) is 2.58. The molecule has 0 bridgehead atoms. The van der Waals surface area contributed by atoms with Crippen LogP contribution in [0.3, 0.4) is 0 Å². The Morgan fingerprint density at radius 3 is 2.72 bits per heavy atom. The Balaban J connectivity index is 1.52. The minimum Gasteiger partial charge on any atom is -0.439 e. The Hall–Kier alpha value is -3.76. The SMILES string of the molecule is C[C@H]1[C@@H](c2cc(F)cc(C(F)(F)F)c2)OC(=O)N1C(=O)NCc1ccnc2cccnc12. The molecule has 2 atom stereocenters. The fourth-order valence-electron chi connectivity index (χ4n) is 3.55. The highest BCUT2D eigenvalue weighted by Gasteiger charge is 2.44. The van der Waals surface area contributed by atoms with Gasteiger partial charge in [0.15, 0.2) is 0 Å². The molecule has 1 aliphatic rings. The number of hydrogen-bond acceptors (Lipinski definition) is 5. The van der Waals surface area contributed by atoms with Crippen molar-refractivity contribution in [3.05, 3.63) is 71.3 Å². The van der Waals surface area contributed by atoms with Gasteiger partial charge in [0, 0.05) is 24.5 Å². The molecule has 1 fully saturated rings. The zero-order chi connectivity index (χ0) is 23.0. The fourth-order valence-corrected chi connectivity index (χ4v) is 3.55. The van der Waals surface area contributed by atoms with Crippen molar-refractivity contribution >= 4 is 23.2 Å². The maximum Gasteiger partial charge on any atom is 0.419 e. The van der Waals surface area contributed by atoms with Crippen molar-refractivity contribution in [2.24, 2.45) is 0 Å². The highest BCUT2D eigenvalue weighted by molar-refractivity contribution is 5.93. The quantitative estimate of drug-likeness (QED) is 0.593. The van der Waals surface area contributed by atoms with E-state index in [1.807, 2.05) is 0 Å². The lowest BCUT2D eigenvalue weighted by molar-refractivity contribution is -0.137. The van der Waals surface area contributed by atoms with Crippen LogP contribution in [0, 0.1) is 5.82 Å². The second kappa shape index (κ2) is 8.06. The van der Waals surface area contributed by atoms with Gasteiger partial charge in [-0.15, -0.1) is 0 Å². The molecule has 1 N–H and O–H groups in total. The third kappa shape index (κ3) is 4.05. The molecule has 0 spiro atoms. The van der Waals surface area contributed by atoms with E-state index in [1.165, 1.54) is 6.92 Å². The third-order valence-corrected chi connectivity index (χ3v) is 5.07. The summed E-state index contributed by atoms with van der Waals surface area (Å²) in [7, 11) is 0. The van der Waals surface area contributed by atoms with E-state index >= 15 is 0 Å². The number of rotatable bonds is 3. The van der Waals surface area contributed by atoms with Crippen LogP contribution in [-0.4, -0.2) is 33.0 Å². The van der Waals surface area contributed by atoms with Gasteiger partial charge < -0.3 is 10.1 Å². The molecule has 4 rings (SSSR count). The van der Waals surface area contributed by atoms with Gasteiger partial charge in [0.05, 0.1) is 22.6 Å². The molecule has 1 aliphatic heterocycles. The average Bonchev–Trinajstić information content (AvgIpc) is 3.05. The Morgan fingerprint density at radius 1 is 1.19 bits per heavy atom. The smallest absolute Gasteiger partial charge is 0.419 e. The lowest BCUT2D eigenvalue weighted by Gasteiger charge is -2.20. The highest BCUT2D eigenvalue weighted by atomic mass is 19.4. The van der Waals surface area contributed by atoms with E-state index in [2.05, 4.69) is 15.3 Å². The minimum absolute atomic E-state index is 0.0220. The van der Waals surface area contributed by atoms with Crippen LogP contribution < -0.4 is 5.32 Å². The average molecular weight is 448 g/mol. The molecule has 3 heterocycles. The number of ether oxygens (including phenoxy) is 1. The molecule has 1 saturated heterocycles. The first kappa shape index (κ1) is 21.5. The van der Waals surface area contributed by atoms with Gasteiger partial charge in [-0.2, -0.15) is 13.2 Å². The van der Waals surface area contributed by atoms with Crippen molar-refractivity contribution in [2.75, 3.05) is 0 Å². The second-order valence-corrected chi connectivity index (χ2v) is 7.19. The van der Waals surface area contributed by atoms with Gasteiger partial charge in [-0.3, -0.25) is 9.97 Å². The van der Waals surface area contributed by atoms with Gasteiger partial charge >= 0.3 is 18.3 Å². The van der Waals surface area contributed by atoms with E-state index in [0.717, 1.165) is 11.0 Å². The summed E-state index contributed by atoms with van der Waals surface area (Å²) in [6.07, 6.45) is -3.95. The summed E-state index contributed by atoms with van der Waals surface area (Å²) < 4.78 is 58.0. The third-order valence-electron chi connectivity index (χ3n) is 5.07. The summed E-state index contributed by atoms with van der Waals surface area (Å²) >= 11 is 0. The maximum atomic E-state index is 13.8. The molecule has 1 aromatic carbocycles. The first-order valence-corrected chi connectivity index (χ1v) is 9.49. The van der Waals surface area contributed by atoms with Gasteiger partial charge in [0.1, 0.15) is 11.9 Å². The normalized spacial score (nSPS) is 18.7. The van der Waals surface area contributed by atoms with Crippen LogP contribution in [0.15, 0.2) is 48.8 Å². The largest absolute Gasteiger partial charge is 0.439 e. The van der Waals surface area contributed by atoms with Crippen molar-refractivity contribution in [1.82, 2.24) is 20.2 Å². The molecular formula is C21H16F4N4O3.